The molecule has 1 saturated heterocycles. The first-order valence-corrected chi connectivity index (χ1v) is 16.2. The molecule has 5 N–H and O–H groups in total. The van der Waals surface area contributed by atoms with Gasteiger partial charge in [-0.1, -0.05) is 48.5 Å². The molecule has 5 heterocycles. The number of halogens is 1. The van der Waals surface area contributed by atoms with Crippen molar-refractivity contribution in [2.75, 3.05) is 13.7 Å². The summed E-state index contributed by atoms with van der Waals surface area (Å²) in [7, 11) is 1.35. The van der Waals surface area contributed by atoms with Gasteiger partial charge < -0.3 is 42.3 Å². The Labute approximate surface area is 279 Å². The lowest BCUT2D eigenvalue weighted by Crippen LogP contribution is -3.00. The molecule has 1 amide bonds. The van der Waals surface area contributed by atoms with Gasteiger partial charge in [0.15, 0.2) is 5.82 Å². The molecule has 8 rings (SSSR count). The summed E-state index contributed by atoms with van der Waals surface area (Å²) >= 11 is 0. The van der Waals surface area contributed by atoms with E-state index in [4.69, 9.17) is 9.72 Å². The van der Waals surface area contributed by atoms with Crippen LogP contribution in [0.1, 0.15) is 66.5 Å². The third kappa shape index (κ3) is 5.87. The number of carbonyl (C=O) groups excluding carboxylic acids is 2. The van der Waals surface area contributed by atoms with Crippen LogP contribution >= 0.6 is 0 Å². The molecule has 1 fully saturated rings. The van der Waals surface area contributed by atoms with E-state index in [2.05, 4.69) is 90.9 Å². The van der Waals surface area contributed by atoms with E-state index in [1.807, 2.05) is 12.4 Å². The quantitative estimate of drug-likeness (QED) is 0.222. The van der Waals surface area contributed by atoms with Crippen molar-refractivity contribution in [1.29, 1.82) is 0 Å². The Kier molecular flexibility index (Phi) is 8.46. The molecule has 3 aromatic heterocycles. The van der Waals surface area contributed by atoms with Gasteiger partial charge in [0.1, 0.15) is 17.6 Å². The van der Waals surface area contributed by atoms with Gasteiger partial charge in [-0.3, -0.25) is 4.79 Å². The molecular formula is C36H38ClN7O3. The van der Waals surface area contributed by atoms with Crippen LogP contribution < -0.4 is 23.0 Å². The standard InChI is InChI=1S/C36H37N7O3.ClH/c1-46-36(45)42-27-13-12-25-14-16-43-20-26(17-31(44)32(27)33(25)43)34-38-18-29(40-34)23-8-4-21(5-9-23)22-6-10-24(11-7-22)30-19-39-35(41-30)28-3-2-15-37-28;/h4-11,14,16,18-19,26-28,32,37H,2-3,12-13,15,17,20H2,1H3,(H,38,40)(H,39,41)(H,42,45);1H/t26-,27-,28-,32?;/m0./s1. The van der Waals surface area contributed by atoms with Crippen LogP contribution in [0.4, 0.5) is 4.79 Å². The zero-order chi connectivity index (χ0) is 31.2. The number of Topliss-reactive ketones (excluding diaryl/α,β-unsaturated/α-hetero) is 1. The number of aryl methyl sites for hydroxylation is 1. The van der Waals surface area contributed by atoms with Gasteiger partial charge in [0, 0.05) is 49.7 Å². The van der Waals surface area contributed by atoms with E-state index in [0.717, 1.165) is 57.4 Å². The van der Waals surface area contributed by atoms with E-state index < -0.39 is 6.09 Å². The smallest absolute Gasteiger partial charge is 0.407 e. The maximum absolute atomic E-state index is 13.7. The van der Waals surface area contributed by atoms with E-state index in [-0.39, 0.29) is 36.1 Å². The monoisotopic (exact) mass is 651 g/mol. The first-order chi connectivity index (χ1) is 22.5. The minimum absolute atomic E-state index is 0. The lowest BCUT2D eigenvalue weighted by atomic mass is 9.79. The Morgan fingerprint density at radius 1 is 0.915 bits per heavy atom. The topological polar surface area (TPSA) is 134 Å². The molecule has 0 spiro atoms. The van der Waals surface area contributed by atoms with Crippen molar-refractivity contribution in [2.45, 2.75) is 62.6 Å². The summed E-state index contributed by atoms with van der Waals surface area (Å²) in [6, 6.07) is 19.4. The summed E-state index contributed by atoms with van der Waals surface area (Å²) < 4.78 is 7.03. The SMILES string of the molecule is COC(=O)N[C@H]1CCc2ccn3c2C1C(=O)C[C@H](c1ncc(-c2ccc(-c4ccc(-c5cnc([C@@H]6CCC[NH2+]6)[nH]5)cc4)cc2)[nH]1)C3.[Cl-]. The zero-order valence-corrected chi connectivity index (χ0v) is 27.0. The number of hydrogen-bond acceptors (Lipinski definition) is 5. The summed E-state index contributed by atoms with van der Waals surface area (Å²) in [5.74, 6) is 1.51. The lowest BCUT2D eigenvalue weighted by Gasteiger charge is -2.31. The Hall–Kier alpha value is -4.67. The fourth-order valence-electron chi connectivity index (χ4n) is 7.61. The Balaban J connectivity index is 0.00000351. The number of amides is 1. The summed E-state index contributed by atoms with van der Waals surface area (Å²) in [5.41, 5.74) is 8.63. The largest absolute Gasteiger partial charge is 1.00 e. The minimum Gasteiger partial charge on any atom is -1.00 e. The molecule has 11 heteroatoms. The van der Waals surface area contributed by atoms with Gasteiger partial charge in [-0.25, -0.2) is 14.8 Å². The molecule has 0 radical (unpaired) electrons. The van der Waals surface area contributed by atoms with E-state index in [9.17, 15) is 9.59 Å². The highest BCUT2D eigenvalue weighted by Gasteiger charge is 2.41. The molecule has 1 aliphatic carbocycles. The third-order valence-electron chi connectivity index (χ3n) is 10.0. The molecule has 0 bridgehead atoms. The van der Waals surface area contributed by atoms with E-state index in [1.165, 1.54) is 32.1 Å². The molecule has 0 saturated carbocycles. The van der Waals surface area contributed by atoms with Gasteiger partial charge in [0.05, 0.1) is 43.4 Å². The number of H-pyrrole nitrogens is 2. The molecule has 5 aromatic rings. The molecule has 10 nitrogen and oxygen atoms in total. The molecular weight excluding hydrogens is 614 g/mol. The fourth-order valence-corrected chi connectivity index (χ4v) is 7.61. The van der Waals surface area contributed by atoms with Crippen molar-refractivity contribution in [2.24, 2.45) is 0 Å². The molecule has 47 heavy (non-hydrogen) atoms. The number of methoxy groups -OCH3 is 1. The van der Waals surface area contributed by atoms with Gasteiger partial charge in [-0.15, -0.1) is 0 Å². The molecule has 4 atom stereocenters. The fraction of sp³-hybridized carbons (Fsp3) is 0.333. The Morgan fingerprint density at radius 3 is 2.19 bits per heavy atom. The number of aromatic nitrogens is 5. The summed E-state index contributed by atoms with van der Waals surface area (Å²) in [6.07, 6.45) is 9.67. The summed E-state index contributed by atoms with van der Waals surface area (Å²) in [5, 5.41) is 5.28. The van der Waals surface area contributed by atoms with Crippen molar-refractivity contribution < 1.29 is 32.0 Å². The predicted molar refractivity (Wildman–Crippen MR) is 173 cm³/mol. The minimum atomic E-state index is -0.500. The summed E-state index contributed by atoms with van der Waals surface area (Å²) in [6.45, 7) is 1.83. The molecule has 2 aromatic carbocycles. The van der Waals surface area contributed by atoms with Gasteiger partial charge in [-0.05, 0) is 46.7 Å². The maximum atomic E-state index is 13.7. The van der Waals surface area contributed by atoms with Crippen LogP contribution in [-0.2, 0) is 22.5 Å². The van der Waals surface area contributed by atoms with Crippen LogP contribution in [-0.4, -0.2) is 56.1 Å². The van der Waals surface area contributed by atoms with Crippen LogP contribution in [0, 0.1) is 0 Å². The van der Waals surface area contributed by atoms with Gasteiger partial charge >= 0.3 is 6.09 Å². The van der Waals surface area contributed by atoms with Crippen molar-refractivity contribution in [3.05, 3.63) is 96.1 Å². The third-order valence-corrected chi connectivity index (χ3v) is 10.0. The van der Waals surface area contributed by atoms with E-state index >= 15 is 0 Å². The second-order valence-corrected chi connectivity index (χ2v) is 12.8. The number of rotatable bonds is 6. The number of quaternary nitrogens is 1. The molecule has 3 aliphatic rings. The number of alkyl carbamates (subject to hydrolysis) is 1. The van der Waals surface area contributed by atoms with Crippen LogP contribution in [0.5, 0.6) is 0 Å². The highest BCUT2D eigenvalue weighted by Crippen LogP contribution is 2.40. The number of nitrogens with two attached hydrogens (primary N) is 1. The molecule has 242 valence electrons. The number of aromatic amines is 2. The van der Waals surface area contributed by atoms with E-state index in [0.29, 0.717) is 25.4 Å². The zero-order valence-electron chi connectivity index (χ0n) is 26.2. The number of benzene rings is 2. The number of imidazole rings is 2. The lowest BCUT2D eigenvalue weighted by molar-refractivity contribution is -0.677. The van der Waals surface area contributed by atoms with E-state index in [1.54, 1.807) is 0 Å². The normalized spacial score (nSPS) is 21.9. The second kappa shape index (κ2) is 12.8. The first-order valence-electron chi connectivity index (χ1n) is 16.2. The predicted octanol–water partition coefficient (Wildman–Crippen LogP) is 1.85. The van der Waals surface area contributed by atoms with Gasteiger partial charge in [0.2, 0.25) is 0 Å². The highest BCUT2D eigenvalue weighted by atomic mass is 35.5. The number of ketones is 1. The second-order valence-electron chi connectivity index (χ2n) is 12.8. The van der Waals surface area contributed by atoms with Gasteiger partial charge in [0.25, 0.3) is 0 Å². The number of hydrogen-bond donors (Lipinski definition) is 4. The van der Waals surface area contributed by atoms with Crippen LogP contribution in [0.15, 0.2) is 73.2 Å². The van der Waals surface area contributed by atoms with Crippen LogP contribution in [0.3, 0.4) is 0 Å². The van der Waals surface area contributed by atoms with Crippen molar-refractivity contribution in [3.8, 4) is 33.6 Å². The number of nitrogens with zero attached hydrogens (tertiary/aromatic N) is 3. The molecule has 1 unspecified atom stereocenters. The Morgan fingerprint density at radius 2 is 1.55 bits per heavy atom. The van der Waals surface area contributed by atoms with Gasteiger partial charge in [-0.2, -0.15) is 0 Å². The first kappa shape index (κ1) is 31.0. The highest BCUT2D eigenvalue weighted by molar-refractivity contribution is 5.88. The average molecular weight is 652 g/mol. The van der Waals surface area contributed by atoms with Crippen LogP contribution in [0.2, 0.25) is 0 Å². The summed E-state index contributed by atoms with van der Waals surface area (Å²) in [4.78, 5) is 42.2. The van der Waals surface area contributed by atoms with Crippen molar-refractivity contribution >= 4 is 11.9 Å². The molecule has 2 aliphatic heterocycles. The number of carbonyl (C=O) groups is 2. The van der Waals surface area contributed by atoms with Crippen molar-refractivity contribution in [3.63, 3.8) is 0 Å². The maximum Gasteiger partial charge on any atom is 0.407 e. The van der Waals surface area contributed by atoms with Crippen LogP contribution in [0.25, 0.3) is 33.6 Å². The average Bonchev–Trinajstić information content (AvgIpc) is 3.91. The number of ether oxygens (including phenoxy) is 1. The Bertz CT molecular complexity index is 1890. The van der Waals surface area contributed by atoms with Crippen molar-refractivity contribution in [1.82, 2.24) is 29.8 Å². The number of nitrogens with one attached hydrogen (secondary N) is 3.